The van der Waals surface area contributed by atoms with Crippen LogP contribution in [0.2, 0.25) is 0 Å². The lowest BCUT2D eigenvalue weighted by Gasteiger charge is -2.20. The summed E-state index contributed by atoms with van der Waals surface area (Å²) in [5.74, 6) is -0.610. The fraction of sp³-hybridized carbons (Fsp3) is 0.647. The molecule has 0 bridgehead atoms. The molecule has 5 nitrogen and oxygen atoms in total. The zero-order valence-electron chi connectivity index (χ0n) is 13.6. The molecular weight excluding hydrogens is 282 g/mol. The van der Waals surface area contributed by atoms with Crippen LogP contribution in [0.1, 0.15) is 52.4 Å². The van der Waals surface area contributed by atoms with Crippen molar-refractivity contribution in [1.82, 2.24) is 4.90 Å². The van der Waals surface area contributed by atoms with E-state index in [2.05, 4.69) is 6.92 Å². The summed E-state index contributed by atoms with van der Waals surface area (Å²) in [6.45, 7) is 4.53. The van der Waals surface area contributed by atoms with Crippen molar-refractivity contribution >= 4 is 11.8 Å². The highest BCUT2D eigenvalue weighted by Crippen LogP contribution is 2.14. The van der Waals surface area contributed by atoms with Crippen molar-refractivity contribution in [1.29, 1.82) is 0 Å². The van der Waals surface area contributed by atoms with Gasteiger partial charge in [-0.2, -0.15) is 0 Å². The minimum absolute atomic E-state index is 0.0401. The summed E-state index contributed by atoms with van der Waals surface area (Å²) in [5, 5.41) is 10.1. The molecule has 1 N–H and O–H groups in total. The van der Waals surface area contributed by atoms with Gasteiger partial charge in [0.2, 0.25) is 0 Å². The Balaban J connectivity index is 2.58. The van der Waals surface area contributed by atoms with Gasteiger partial charge in [-0.3, -0.25) is 4.79 Å². The number of β-amino-alcohol motifs (C(OH)–C–C–N with tert-alkyl or cyclic N) is 1. The molecule has 124 valence electrons. The third kappa shape index (κ3) is 6.89. The number of hydrogen-bond acceptors (Lipinski definition) is 5. The first-order chi connectivity index (χ1) is 10.6. The zero-order chi connectivity index (χ0) is 16.4. The van der Waals surface area contributed by atoms with Gasteiger partial charge >= 0.3 is 5.97 Å². The SMILES string of the molecule is CCCCCCC(O)CN1C=CC(=O)CC(C(=O)OCC)=C1. The minimum atomic E-state index is -0.477. The lowest BCUT2D eigenvalue weighted by atomic mass is 10.1. The molecule has 0 saturated heterocycles. The van der Waals surface area contributed by atoms with Crippen molar-refractivity contribution < 1.29 is 19.4 Å². The fourth-order valence-electron chi connectivity index (χ4n) is 2.32. The van der Waals surface area contributed by atoms with E-state index in [1.54, 1.807) is 24.2 Å². The Hall–Kier alpha value is -1.62. The number of carbonyl (C=O) groups is 2. The molecule has 0 fully saturated rings. The van der Waals surface area contributed by atoms with Crippen LogP contribution in [0.5, 0.6) is 0 Å². The molecule has 1 atom stereocenters. The van der Waals surface area contributed by atoms with Crippen molar-refractivity contribution in [3.05, 3.63) is 24.0 Å². The molecule has 0 saturated carbocycles. The quantitative estimate of drug-likeness (QED) is 0.524. The summed E-state index contributed by atoms with van der Waals surface area (Å²) in [6.07, 6.45) is 9.39. The summed E-state index contributed by atoms with van der Waals surface area (Å²) in [5.41, 5.74) is 0.329. The molecule has 1 rings (SSSR count). The maximum Gasteiger partial charge on any atom is 0.335 e. The van der Waals surface area contributed by atoms with E-state index in [1.165, 1.54) is 18.9 Å². The Labute approximate surface area is 132 Å². The normalized spacial score (nSPS) is 16.2. The number of aliphatic hydroxyl groups excluding tert-OH is 1. The first-order valence-electron chi connectivity index (χ1n) is 8.09. The highest BCUT2D eigenvalue weighted by molar-refractivity contribution is 6.00. The summed E-state index contributed by atoms with van der Waals surface area (Å²) in [6, 6.07) is 0. The number of ether oxygens (including phenoxy) is 1. The van der Waals surface area contributed by atoms with Crippen LogP contribution in [0.4, 0.5) is 0 Å². The Morgan fingerprint density at radius 1 is 1.36 bits per heavy atom. The van der Waals surface area contributed by atoms with Gasteiger partial charge in [0.05, 0.1) is 18.3 Å². The highest BCUT2D eigenvalue weighted by Gasteiger charge is 2.19. The summed E-state index contributed by atoms with van der Waals surface area (Å²) in [4.78, 5) is 25.2. The number of carbonyl (C=O) groups excluding carboxylic acids is 2. The lowest BCUT2D eigenvalue weighted by Crippen LogP contribution is -2.25. The zero-order valence-corrected chi connectivity index (χ0v) is 13.6. The van der Waals surface area contributed by atoms with Crippen LogP contribution in [-0.4, -0.2) is 41.0 Å². The van der Waals surface area contributed by atoms with Crippen molar-refractivity contribution in [2.45, 2.75) is 58.5 Å². The van der Waals surface area contributed by atoms with Gasteiger partial charge in [-0.05, 0) is 19.4 Å². The molecule has 0 spiro atoms. The van der Waals surface area contributed by atoms with E-state index in [-0.39, 0.29) is 18.8 Å². The number of allylic oxidation sites excluding steroid dienone is 1. The first-order valence-corrected chi connectivity index (χ1v) is 8.09. The second-order valence-electron chi connectivity index (χ2n) is 5.53. The van der Waals surface area contributed by atoms with Gasteiger partial charge < -0.3 is 14.7 Å². The summed E-state index contributed by atoms with van der Waals surface area (Å²) < 4.78 is 4.95. The summed E-state index contributed by atoms with van der Waals surface area (Å²) in [7, 11) is 0. The number of unbranched alkanes of at least 4 members (excludes halogenated alkanes) is 3. The predicted molar refractivity (Wildman–Crippen MR) is 85.0 cm³/mol. The van der Waals surface area contributed by atoms with Crippen LogP contribution in [0.15, 0.2) is 24.0 Å². The van der Waals surface area contributed by atoms with Crippen LogP contribution in [-0.2, 0) is 14.3 Å². The average Bonchev–Trinajstić information content (AvgIpc) is 2.66. The second-order valence-corrected chi connectivity index (χ2v) is 5.53. The Kier molecular flexibility index (Phi) is 8.51. The standard InChI is InChI=1S/C17H27NO4/c1-3-5-6-7-8-16(20)13-18-10-9-15(19)11-14(12-18)17(21)22-4-2/h9-10,12,16,20H,3-8,11,13H2,1-2H3. The van der Waals surface area contributed by atoms with Gasteiger partial charge in [-0.15, -0.1) is 0 Å². The van der Waals surface area contributed by atoms with Crippen molar-refractivity contribution in [3.63, 3.8) is 0 Å². The van der Waals surface area contributed by atoms with E-state index in [1.807, 2.05) is 0 Å². The van der Waals surface area contributed by atoms with Crippen LogP contribution in [0.25, 0.3) is 0 Å². The average molecular weight is 309 g/mol. The Morgan fingerprint density at radius 2 is 2.14 bits per heavy atom. The molecular formula is C17H27NO4. The minimum Gasteiger partial charge on any atom is -0.463 e. The number of rotatable bonds is 9. The maximum absolute atomic E-state index is 11.8. The van der Waals surface area contributed by atoms with Gasteiger partial charge in [0.25, 0.3) is 0 Å². The first kappa shape index (κ1) is 18.4. The van der Waals surface area contributed by atoms with Crippen LogP contribution >= 0.6 is 0 Å². The molecule has 0 aromatic rings. The second kappa shape index (κ2) is 10.2. The number of aliphatic hydroxyl groups is 1. The molecule has 5 heteroatoms. The maximum atomic E-state index is 11.8. The van der Waals surface area contributed by atoms with Crippen LogP contribution in [0, 0.1) is 0 Å². The van der Waals surface area contributed by atoms with E-state index < -0.39 is 12.1 Å². The number of hydrogen-bond donors (Lipinski definition) is 1. The predicted octanol–water partition coefficient (Wildman–Crippen LogP) is 2.55. The van der Waals surface area contributed by atoms with E-state index in [0.29, 0.717) is 12.1 Å². The molecule has 22 heavy (non-hydrogen) atoms. The molecule has 0 amide bonds. The van der Waals surface area contributed by atoms with Gasteiger partial charge in [0.1, 0.15) is 0 Å². The number of esters is 1. The van der Waals surface area contributed by atoms with E-state index in [9.17, 15) is 14.7 Å². The van der Waals surface area contributed by atoms with Crippen LogP contribution < -0.4 is 0 Å². The topological polar surface area (TPSA) is 66.8 Å². The van der Waals surface area contributed by atoms with Crippen molar-refractivity contribution in [2.75, 3.05) is 13.2 Å². The molecule has 1 unspecified atom stereocenters. The molecule has 0 radical (unpaired) electrons. The van der Waals surface area contributed by atoms with Gasteiger partial charge in [0.15, 0.2) is 5.78 Å². The van der Waals surface area contributed by atoms with Gasteiger partial charge in [0, 0.05) is 25.4 Å². The Bertz CT molecular complexity index is 428. The van der Waals surface area contributed by atoms with E-state index in [4.69, 9.17) is 4.74 Å². The molecule has 0 aliphatic carbocycles. The monoisotopic (exact) mass is 309 g/mol. The van der Waals surface area contributed by atoms with Crippen molar-refractivity contribution in [2.24, 2.45) is 0 Å². The summed E-state index contributed by atoms with van der Waals surface area (Å²) >= 11 is 0. The largest absolute Gasteiger partial charge is 0.463 e. The third-order valence-corrected chi connectivity index (χ3v) is 3.49. The van der Waals surface area contributed by atoms with E-state index >= 15 is 0 Å². The molecule has 1 heterocycles. The smallest absolute Gasteiger partial charge is 0.335 e. The molecule has 0 aromatic carbocycles. The number of nitrogens with zero attached hydrogens (tertiary/aromatic N) is 1. The molecule has 1 aliphatic rings. The highest BCUT2D eigenvalue weighted by atomic mass is 16.5. The third-order valence-electron chi connectivity index (χ3n) is 3.49. The molecule has 0 aromatic heterocycles. The lowest BCUT2D eigenvalue weighted by molar-refractivity contribution is -0.139. The molecule has 1 aliphatic heterocycles. The fourth-order valence-corrected chi connectivity index (χ4v) is 2.32. The van der Waals surface area contributed by atoms with Crippen molar-refractivity contribution in [3.8, 4) is 0 Å². The Morgan fingerprint density at radius 3 is 2.82 bits per heavy atom. The van der Waals surface area contributed by atoms with Gasteiger partial charge in [-0.1, -0.05) is 32.6 Å². The van der Waals surface area contributed by atoms with E-state index in [0.717, 1.165) is 19.3 Å². The number of ketones is 1. The van der Waals surface area contributed by atoms with Gasteiger partial charge in [-0.25, -0.2) is 4.79 Å². The van der Waals surface area contributed by atoms with Crippen LogP contribution in [0.3, 0.4) is 0 Å².